The van der Waals surface area contributed by atoms with Gasteiger partial charge in [0.2, 0.25) is 0 Å². The molecular weight excluding hydrogens is 331 g/mol. The molecule has 0 spiro atoms. The number of thiophene rings is 1. The topological polar surface area (TPSA) is 33.4 Å². The quantitative estimate of drug-likeness (QED) is 0.727. The highest BCUT2D eigenvalue weighted by molar-refractivity contribution is 9.11. The fraction of sp³-hybridized carbons (Fsp3) is 0.143. The Hall–Kier alpha value is -1.17. The lowest BCUT2D eigenvalue weighted by Gasteiger charge is -2.03. The van der Waals surface area contributed by atoms with Crippen LogP contribution in [0.1, 0.15) is 22.3 Å². The summed E-state index contributed by atoms with van der Waals surface area (Å²) < 4.78 is 20.0. The second-order valence-corrected chi connectivity index (χ2v) is 6.72. The van der Waals surface area contributed by atoms with Crippen molar-refractivity contribution in [2.45, 2.75) is 13.0 Å². The van der Waals surface area contributed by atoms with E-state index < -0.39 is 11.9 Å². The molecule has 0 aliphatic carbocycles. The van der Waals surface area contributed by atoms with E-state index in [1.807, 2.05) is 13.0 Å². The maximum Gasteiger partial charge on any atom is 0.170 e. The average molecular weight is 341 g/mol. The first-order chi connectivity index (χ1) is 9.06. The predicted octanol–water partition coefficient (Wildman–Crippen LogP) is 4.79. The maximum atomic E-state index is 13.6. The molecule has 1 N–H and O–H groups in total. The van der Waals surface area contributed by atoms with Crippen molar-refractivity contribution in [1.29, 1.82) is 0 Å². The van der Waals surface area contributed by atoms with Gasteiger partial charge in [0.1, 0.15) is 11.9 Å². The van der Waals surface area contributed by atoms with E-state index in [4.69, 9.17) is 4.42 Å². The summed E-state index contributed by atoms with van der Waals surface area (Å²) in [5, 5.41) is 10.9. The lowest BCUT2D eigenvalue weighted by molar-refractivity contribution is 0.195. The van der Waals surface area contributed by atoms with Gasteiger partial charge >= 0.3 is 0 Å². The second kappa shape index (κ2) is 4.74. The van der Waals surface area contributed by atoms with Gasteiger partial charge in [-0.05, 0) is 46.6 Å². The minimum absolute atomic E-state index is 0.184. The molecule has 1 aromatic carbocycles. The number of hydrogen-bond donors (Lipinski definition) is 1. The number of fused-ring (bicyclic) bond motifs is 1. The van der Waals surface area contributed by atoms with Crippen molar-refractivity contribution in [2.75, 3.05) is 0 Å². The van der Waals surface area contributed by atoms with Gasteiger partial charge in [0.15, 0.2) is 11.4 Å². The Kier molecular flexibility index (Phi) is 3.20. The Labute approximate surface area is 121 Å². The molecule has 2 nitrogen and oxygen atoms in total. The van der Waals surface area contributed by atoms with Crippen molar-refractivity contribution in [1.82, 2.24) is 0 Å². The zero-order chi connectivity index (χ0) is 13.6. The van der Waals surface area contributed by atoms with Crippen LogP contribution in [0.2, 0.25) is 0 Å². The van der Waals surface area contributed by atoms with E-state index >= 15 is 0 Å². The van der Waals surface area contributed by atoms with Crippen LogP contribution in [-0.4, -0.2) is 5.11 Å². The smallest absolute Gasteiger partial charge is 0.170 e. The molecule has 1 unspecified atom stereocenters. The van der Waals surface area contributed by atoms with Gasteiger partial charge in [-0.1, -0.05) is 12.1 Å². The lowest BCUT2D eigenvalue weighted by Crippen LogP contribution is -1.94. The zero-order valence-corrected chi connectivity index (χ0v) is 12.4. The van der Waals surface area contributed by atoms with Crippen LogP contribution in [-0.2, 0) is 0 Å². The summed E-state index contributed by atoms with van der Waals surface area (Å²) in [6.45, 7) is 1.95. The number of furan rings is 1. The molecule has 3 rings (SSSR count). The third-order valence-electron chi connectivity index (χ3n) is 2.93. The van der Waals surface area contributed by atoms with Crippen LogP contribution < -0.4 is 0 Å². The van der Waals surface area contributed by atoms with E-state index in [1.165, 1.54) is 17.4 Å². The summed E-state index contributed by atoms with van der Waals surface area (Å²) in [7, 11) is 0. The molecule has 2 aromatic heterocycles. The summed E-state index contributed by atoms with van der Waals surface area (Å²) in [5.41, 5.74) is 1.24. The van der Waals surface area contributed by atoms with Crippen molar-refractivity contribution in [2.24, 2.45) is 0 Å². The third-order valence-corrected chi connectivity index (χ3v) is 5.12. The molecule has 5 heteroatoms. The van der Waals surface area contributed by atoms with Gasteiger partial charge in [0.05, 0.1) is 3.79 Å². The number of para-hydroxylation sites is 1. The van der Waals surface area contributed by atoms with E-state index in [0.29, 0.717) is 11.1 Å². The van der Waals surface area contributed by atoms with E-state index in [1.54, 1.807) is 18.2 Å². The Bertz CT molecular complexity index is 728. The van der Waals surface area contributed by atoms with Crippen molar-refractivity contribution >= 4 is 38.2 Å². The van der Waals surface area contributed by atoms with Crippen LogP contribution in [0.25, 0.3) is 11.0 Å². The van der Waals surface area contributed by atoms with Crippen LogP contribution >= 0.6 is 27.3 Å². The zero-order valence-electron chi connectivity index (χ0n) is 9.98. The fourth-order valence-corrected chi connectivity index (χ4v) is 3.51. The van der Waals surface area contributed by atoms with Crippen LogP contribution in [0.5, 0.6) is 0 Å². The van der Waals surface area contributed by atoms with Gasteiger partial charge in [-0.25, -0.2) is 4.39 Å². The lowest BCUT2D eigenvalue weighted by atomic mass is 10.2. The van der Waals surface area contributed by atoms with Gasteiger partial charge in [0, 0.05) is 10.3 Å². The van der Waals surface area contributed by atoms with E-state index in [0.717, 1.165) is 14.2 Å². The highest BCUT2D eigenvalue weighted by atomic mass is 79.9. The molecule has 19 heavy (non-hydrogen) atoms. The number of hydrogen-bond acceptors (Lipinski definition) is 3. The van der Waals surface area contributed by atoms with Gasteiger partial charge in [-0.15, -0.1) is 11.3 Å². The number of rotatable bonds is 2. The molecule has 0 fully saturated rings. The van der Waals surface area contributed by atoms with Crippen molar-refractivity contribution < 1.29 is 13.9 Å². The molecule has 98 valence electrons. The summed E-state index contributed by atoms with van der Waals surface area (Å²) >= 11 is 4.86. The highest BCUT2D eigenvalue weighted by Gasteiger charge is 2.19. The second-order valence-electron chi connectivity index (χ2n) is 4.31. The summed E-state index contributed by atoms with van der Waals surface area (Å²) in [5.74, 6) is -0.0617. The Morgan fingerprint density at radius 2 is 2.16 bits per heavy atom. The molecule has 0 aliphatic rings. The van der Waals surface area contributed by atoms with Crippen molar-refractivity contribution in [3.05, 3.63) is 56.1 Å². The summed E-state index contributed by atoms with van der Waals surface area (Å²) in [4.78, 5) is 0.767. The van der Waals surface area contributed by atoms with Gasteiger partial charge in [0.25, 0.3) is 0 Å². The number of aliphatic hydroxyl groups is 1. The Balaban J connectivity index is 2.06. The molecule has 0 radical (unpaired) electrons. The summed E-state index contributed by atoms with van der Waals surface area (Å²) in [6, 6.07) is 8.28. The third kappa shape index (κ3) is 2.22. The number of halogens is 2. The molecule has 3 aromatic rings. The summed E-state index contributed by atoms with van der Waals surface area (Å²) in [6.07, 6.45) is -0.873. The molecule has 2 heterocycles. The van der Waals surface area contributed by atoms with E-state index in [2.05, 4.69) is 15.9 Å². The molecule has 1 atom stereocenters. The molecule has 0 amide bonds. The minimum Gasteiger partial charge on any atom is -0.455 e. The Morgan fingerprint density at radius 1 is 1.37 bits per heavy atom. The standard InChI is InChI=1S/C14H10BrFO2S/c1-7-5-11(19-14(7)15)12(17)10-6-8-3-2-4-9(16)13(8)18-10/h2-6,12,17H,1H3. The van der Waals surface area contributed by atoms with Gasteiger partial charge in [-0.3, -0.25) is 0 Å². The monoisotopic (exact) mass is 340 g/mol. The first kappa shape index (κ1) is 12.8. The SMILES string of the molecule is Cc1cc(C(O)c2cc3cccc(F)c3o2)sc1Br. The van der Waals surface area contributed by atoms with Crippen LogP contribution in [0.4, 0.5) is 4.39 Å². The van der Waals surface area contributed by atoms with Crippen LogP contribution in [0.3, 0.4) is 0 Å². The van der Waals surface area contributed by atoms with Crippen LogP contribution in [0, 0.1) is 12.7 Å². The number of aliphatic hydroxyl groups excluding tert-OH is 1. The Morgan fingerprint density at radius 3 is 2.79 bits per heavy atom. The minimum atomic E-state index is -0.873. The van der Waals surface area contributed by atoms with E-state index in [9.17, 15) is 9.50 Å². The first-order valence-electron chi connectivity index (χ1n) is 5.68. The molecule has 0 aliphatic heterocycles. The largest absolute Gasteiger partial charge is 0.455 e. The predicted molar refractivity (Wildman–Crippen MR) is 77.0 cm³/mol. The van der Waals surface area contributed by atoms with Crippen molar-refractivity contribution in [3.63, 3.8) is 0 Å². The molecular formula is C14H10BrFO2S. The number of benzene rings is 1. The number of aryl methyl sites for hydroxylation is 1. The highest BCUT2D eigenvalue weighted by Crippen LogP contribution is 2.36. The van der Waals surface area contributed by atoms with Gasteiger partial charge in [-0.2, -0.15) is 0 Å². The van der Waals surface area contributed by atoms with Crippen molar-refractivity contribution in [3.8, 4) is 0 Å². The van der Waals surface area contributed by atoms with E-state index in [-0.39, 0.29) is 5.58 Å². The average Bonchev–Trinajstić information content (AvgIpc) is 2.94. The molecule has 0 bridgehead atoms. The normalized spacial score (nSPS) is 13.1. The molecule has 0 saturated heterocycles. The fourth-order valence-electron chi connectivity index (χ4n) is 1.94. The van der Waals surface area contributed by atoms with Gasteiger partial charge < -0.3 is 9.52 Å². The first-order valence-corrected chi connectivity index (χ1v) is 7.29. The maximum absolute atomic E-state index is 13.6. The molecule has 0 saturated carbocycles. The van der Waals surface area contributed by atoms with Crippen LogP contribution in [0.15, 0.2) is 38.5 Å².